The molecule has 4 nitrogen and oxygen atoms in total. The Morgan fingerprint density at radius 1 is 0.700 bits per heavy atom. The molecular formula is C16H30N4. The van der Waals surface area contributed by atoms with Gasteiger partial charge in [0.15, 0.2) is 0 Å². The second-order valence-electron chi connectivity index (χ2n) is 6.58. The molecule has 0 atom stereocenters. The molecule has 0 rings (SSSR count). The van der Waals surface area contributed by atoms with Gasteiger partial charge in [-0.1, -0.05) is 0 Å². The summed E-state index contributed by atoms with van der Waals surface area (Å²) in [6.45, 7) is 17.8. The zero-order valence-electron chi connectivity index (χ0n) is 14.4. The molecule has 0 radical (unpaired) electrons. The fourth-order valence-corrected chi connectivity index (χ4v) is 1.23. The van der Waals surface area contributed by atoms with Gasteiger partial charge in [-0.25, -0.2) is 0 Å². The zero-order chi connectivity index (χ0) is 15.8. The van der Waals surface area contributed by atoms with Crippen LogP contribution in [-0.2, 0) is 0 Å². The van der Waals surface area contributed by atoms with E-state index in [2.05, 4.69) is 61.5 Å². The van der Waals surface area contributed by atoms with Gasteiger partial charge in [0.25, 0.3) is 0 Å². The third-order valence-electron chi connectivity index (χ3n) is 2.07. The lowest BCUT2D eigenvalue weighted by atomic mass is 10.1. The maximum Gasteiger partial charge on any atom is 0.102 e. The van der Waals surface area contributed by atoms with Gasteiger partial charge in [-0.15, -0.1) is 0 Å². The van der Waals surface area contributed by atoms with E-state index < -0.39 is 0 Å². The summed E-state index contributed by atoms with van der Waals surface area (Å²) >= 11 is 0. The van der Waals surface area contributed by atoms with E-state index in [9.17, 15) is 0 Å². The molecule has 4 heteroatoms. The molecule has 0 saturated carbocycles. The second kappa shape index (κ2) is 8.08. The largest absolute Gasteiger partial charge is 0.285 e. The molecule has 0 aliphatic heterocycles. The van der Waals surface area contributed by atoms with E-state index in [1.54, 1.807) is 0 Å². The Bertz CT molecular complexity index is 361. The van der Waals surface area contributed by atoms with Crippen molar-refractivity contribution in [3.05, 3.63) is 0 Å². The van der Waals surface area contributed by atoms with Crippen LogP contribution in [0, 0.1) is 0 Å². The molecule has 0 aromatic rings. The maximum atomic E-state index is 4.52. The van der Waals surface area contributed by atoms with E-state index in [1.807, 2.05) is 26.3 Å². The van der Waals surface area contributed by atoms with Crippen LogP contribution in [0.5, 0.6) is 0 Å². The van der Waals surface area contributed by atoms with Gasteiger partial charge in [0, 0.05) is 25.5 Å². The Labute approximate surface area is 124 Å². The fourth-order valence-electron chi connectivity index (χ4n) is 1.23. The summed E-state index contributed by atoms with van der Waals surface area (Å²) in [4.78, 5) is 18.0. The summed E-state index contributed by atoms with van der Waals surface area (Å²) in [5.74, 6) is 0. The van der Waals surface area contributed by atoms with Crippen LogP contribution in [-0.4, -0.2) is 48.0 Å². The molecule has 0 heterocycles. The van der Waals surface area contributed by atoms with Gasteiger partial charge in [0.2, 0.25) is 0 Å². The molecule has 0 bridgehead atoms. The molecule has 114 valence electrons. The second-order valence-corrected chi connectivity index (χ2v) is 6.58. The van der Waals surface area contributed by atoms with Crippen molar-refractivity contribution in [2.24, 2.45) is 20.0 Å². The van der Waals surface area contributed by atoms with E-state index in [4.69, 9.17) is 0 Å². The van der Waals surface area contributed by atoms with Crippen molar-refractivity contribution in [2.45, 2.75) is 66.5 Å². The molecule has 0 aliphatic carbocycles. The Kier molecular flexibility index (Phi) is 7.54. The molecule has 0 saturated heterocycles. The standard InChI is InChI=1S/C16H30N4/c1-9-17-13(11-19-15(3,4)5)14(18-10-2)12-20-16(6,7)8/h11-12H,9-10H2,1-8H3. The highest BCUT2D eigenvalue weighted by atomic mass is 14.9. The van der Waals surface area contributed by atoms with Crippen molar-refractivity contribution in [3.8, 4) is 0 Å². The number of hydrogen-bond acceptors (Lipinski definition) is 4. The minimum atomic E-state index is -0.118. The third kappa shape index (κ3) is 9.59. The predicted molar refractivity (Wildman–Crippen MR) is 92.4 cm³/mol. The maximum absolute atomic E-state index is 4.52. The van der Waals surface area contributed by atoms with E-state index >= 15 is 0 Å². The summed E-state index contributed by atoms with van der Waals surface area (Å²) in [6.07, 6.45) is 3.62. The first-order chi connectivity index (χ1) is 9.09. The average Bonchev–Trinajstić information content (AvgIpc) is 2.28. The fraction of sp³-hybridized carbons (Fsp3) is 0.750. The van der Waals surface area contributed by atoms with Crippen molar-refractivity contribution in [3.63, 3.8) is 0 Å². The number of rotatable bonds is 5. The highest BCUT2D eigenvalue weighted by Gasteiger charge is 2.11. The lowest BCUT2D eigenvalue weighted by molar-refractivity contribution is 0.586. The van der Waals surface area contributed by atoms with Crippen molar-refractivity contribution in [2.75, 3.05) is 13.1 Å². The SMILES string of the molecule is CCN=C(C=NC(C)(C)C)C(C=NC(C)(C)C)=NCC. The molecule has 0 aliphatic rings. The predicted octanol–water partition coefficient (Wildman–Crippen LogP) is 3.65. The van der Waals surface area contributed by atoms with Crippen molar-refractivity contribution in [1.29, 1.82) is 0 Å². The molecule has 0 unspecified atom stereocenters. The Hall–Kier alpha value is -1.32. The molecule has 0 aromatic carbocycles. The lowest BCUT2D eigenvalue weighted by Gasteiger charge is -2.13. The van der Waals surface area contributed by atoms with Crippen LogP contribution in [0.4, 0.5) is 0 Å². The summed E-state index contributed by atoms with van der Waals surface area (Å²) in [5.41, 5.74) is 1.37. The Balaban J connectivity index is 5.40. The van der Waals surface area contributed by atoms with E-state index in [0.717, 1.165) is 11.4 Å². The van der Waals surface area contributed by atoms with Crippen molar-refractivity contribution in [1.82, 2.24) is 0 Å². The van der Waals surface area contributed by atoms with Crippen LogP contribution in [0.1, 0.15) is 55.4 Å². The van der Waals surface area contributed by atoms with Gasteiger partial charge in [-0.05, 0) is 55.4 Å². The summed E-state index contributed by atoms with van der Waals surface area (Å²) in [7, 11) is 0. The van der Waals surface area contributed by atoms with Gasteiger partial charge in [-0.3, -0.25) is 20.0 Å². The van der Waals surface area contributed by atoms with Crippen molar-refractivity contribution < 1.29 is 0 Å². The van der Waals surface area contributed by atoms with Gasteiger partial charge < -0.3 is 0 Å². The van der Waals surface area contributed by atoms with Crippen LogP contribution in [0.3, 0.4) is 0 Å². The van der Waals surface area contributed by atoms with Crippen LogP contribution in [0.25, 0.3) is 0 Å². The Morgan fingerprint density at radius 2 is 1.00 bits per heavy atom. The molecule has 0 N–H and O–H groups in total. The number of nitrogens with zero attached hydrogens (tertiary/aromatic N) is 4. The van der Waals surface area contributed by atoms with Crippen LogP contribution in [0.15, 0.2) is 20.0 Å². The van der Waals surface area contributed by atoms with Crippen LogP contribution < -0.4 is 0 Å². The van der Waals surface area contributed by atoms with Gasteiger partial charge in [-0.2, -0.15) is 0 Å². The zero-order valence-corrected chi connectivity index (χ0v) is 14.4. The van der Waals surface area contributed by atoms with Gasteiger partial charge in [0.05, 0.1) is 11.1 Å². The normalized spacial score (nSPS) is 15.6. The van der Waals surface area contributed by atoms with E-state index in [1.165, 1.54) is 0 Å². The third-order valence-corrected chi connectivity index (χ3v) is 2.07. The van der Waals surface area contributed by atoms with Crippen LogP contribution in [0.2, 0.25) is 0 Å². The first-order valence-corrected chi connectivity index (χ1v) is 7.28. The smallest absolute Gasteiger partial charge is 0.102 e. The number of aliphatic imine (C=N–C) groups is 4. The molecule has 0 spiro atoms. The first kappa shape index (κ1) is 18.7. The average molecular weight is 278 g/mol. The van der Waals surface area contributed by atoms with Crippen LogP contribution >= 0.6 is 0 Å². The molecule has 0 fully saturated rings. The molecule has 20 heavy (non-hydrogen) atoms. The minimum Gasteiger partial charge on any atom is -0.285 e. The molecule has 0 amide bonds. The summed E-state index contributed by atoms with van der Waals surface area (Å²) in [5, 5.41) is 0. The number of hydrogen-bond donors (Lipinski definition) is 0. The van der Waals surface area contributed by atoms with Gasteiger partial charge in [0.1, 0.15) is 11.4 Å². The quantitative estimate of drug-likeness (QED) is 0.689. The highest BCUT2D eigenvalue weighted by molar-refractivity contribution is 6.75. The first-order valence-electron chi connectivity index (χ1n) is 7.28. The summed E-state index contributed by atoms with van der Waals surface area (Å²) < 4.78 is 0. The van der Waals surface area contributed by atoms with E-state index in [-0.39, 0.29) is 11.1 Å². The van der Waals surface area contributed by atoms with Crippen molar-refractivity contribution >= 4 is 23.9 Å². The highest BCUT2D eigenvalue weighted by Crippen LogP contribution is 2.06. The van der Waals surface area contributed by atoms with Gasteiger partial charge >= 0.3 is 0 Å². The molecular weight excluding hydrogens is 248 g/mol. The summed E-state index contributed by atoms with van der Waals surface area (Å²) in [6, 6.07) is 0. The molecule has 0 aromatic heterocycles. The monoisotopic (exact) mass is 278 g/mol. The Morgan fingerprint density at radius 3 is 1.20 bits per heavy atom. The lowest BCUT2D eigenvalue weighted by Crippen LogP contribution is -2.23. The van der Waals surface area contributed by atoms with E-state index in [0.29, 0.717) is 13.1 Å². The topological polar surface area (TPSA) is 49.4 Å². The minimum absolute atomic E-state index is 0.118.